The van der Waals surface area contributed by atoms with E-state index in [1.54, 1.807) is 0 Å². The first-order valence-corrected chi connectivity index (χ1v) is 4.81. The first-order valence-electron chi connectivity index (χ1n) is 4.81. The van der Waals surface area contributed by atoms with Gasteiger partial charge in [-0.25, -0.2) is 0 Å². The molecule has 0 heterocycles. The van der Waals surface area contributed by atoms with Gasteiger partial charge in [0, 0.05) is 19.6 Å². The molecule has 1 unspecified atom stereocenters. The Labute approximate surface area is 75.6 Å². The number of unbranched alkanes of at least 4 members (excludes halogenated alkanes) is 1. The van der Waals surface area contributed by atoms with Crippen LogP contribution in [0.5, 0.6) is 0 Å². The van der Waals surface area contributed by atoms with E-state index in [0.717, 1.165) is 19.6 Å². The molecule has 0 fully saturated rings. The number of nitrogens with zero attached hydrogens (tertiary/aromatic N) is 1. The van der Waals surface area contributed by atoms with E-state index < -0.39 is 0 Å². The minimum atomic E-state index is -0.242. The molecular formula is C9H22N2O. The van der Waals surface area contributed by atoms with E-state index in [9.17, 15) is 0 Å². The summed E-state index contributed by atoms with van der Waals surface area (Å²) in [7, 11) is 0. The summed E-state index contributed by atoms with van der Waals surface area (Å²) in [4.78, 5) is 2.22. The first kappa shape index (κ1) is 11.9. The third-order valence-corrected chi connectivity index (χ3v) is 1.80. The molecule has 0 spiro atoms. The van der Waals surface area contributed by atoms with Crippen LogP contribution in [0.1, 0.15) is 26.7 Å². The lowest BCUT2D eigenvalue weighted by Gasteiger charge is -2.22. The van der Waals surface area contributed by atoms with E-state index >= 15 is 0 Å². The van der Waals surface area contributed by atoms with Crippen LogP contribution >= 0.6 is 0 Å². The van der Waals surface area contributed by atoms with Crippen LogP contribution in [0.2, 0.25) is 0 Å². The van der Waals surface area contributed by atoms with Gasteiger partial charge in [-0.2, -0.15) is 0 Å². The molecule has 0 aromatic carbocycles. The van der Waals surface area contributed by atoms with Gasteiger partial charge in [0.2, 0.25) is 0 Å². The molecule has 0 saturated carbocycles. The van der Waals surface area contributed by atoms with Gasteiger partial charge in [-0.15, -0.1) is 0 Å². The second-order valence-electron chi connectivity index (χ2n) is 3.29. The van der Waals surface area contributed by atoms with E-state index in [2.05, 4.69) is 11.8 Å². The molecule has 3 nitrogen and oxygen atoms in total. The Kier molecular flexibility index (Phi) is 7.45. The Balaban J connectivity index is 3.54. The SMILES string of the molecule is CCCCN(CCN)CC(C)O. The van der Waals surface area contributed by atoms with Crippen LogP contribution in [0.15, 0.2) is 0 Å². The highest BCUT2D eigenvalue weighted by molar-refractivity contribution is 4.61. The van der Waals surface area contributed by atoms with Crippen LogP contribution in [0, 0.1) is 0 Å². The van der Waals surface area contributed by atoms with Gasteiger partial charge in [-0.05, 0) is 19.9 Å². The fourth-order valence-corrected chi connectivity index (χ4v) is 1.23. The van der Waals surface area contributed by atoms with Crippen molar-refractivity contribution in [1.29, 1.82) is 0 Å². The molecule has 0 aliphatic carbocycles. The van der Waals surface area contributed by atoms with Crippen molar-refractivity contribution < 1.29 is 5.11 Å². The van der Waals surface area contributed by atoms with Gasteiger partial charge in [-0.3, -0.25) is 4.90 Å². The largest absolute Gasteiger partial charge is 0.392 e. The maximum absolute atomic E-state index is 9.17. The summed E-state index contributed by atoms with van der Waals surface area (Å²) in [6.45, 7) is 7.36. The fourth-order valence-electron chi connectivity index (χ4n) is 1.23. The number of nitrogens with two attached hydrogens (primary N) is 1. The summed E-state index contributed by atoms with van der Waals surface area (Å²) in [5.41, 5.74) is 5.45. The Morgan fingerprint density at radius 1 is 1.42 bits per heavy atom. The Bertz CT molecular complexity index is 96.5. The van der Waals surface area contributed by atoms with Crippen LogP contribution in [-0.4, -0.2) is 42.3 Å². The zero-order valence-corrected chi connectivity index (χ0v) is 8.29. The molecule has 0 saturated heterocycles. The predicted octanol–water partition coefficient (Wildman–Crippen LogP) is 0.428. The summed E-state index contributed by atoms with van der Waals surface area (Å²) >= 11 is 0. The fraction of sp³-hybridized carbons (Fsp3) is 1.00. The minimum absolute atomic E-state index is 0.242. The van der Waals surface area contributed by atoms with E-state index in [-0.39, 0.29) is 6.10 Å². The lowest BCUT2D eigenvalue weighted by atomic mass is 10.3. The van der Waals surface area contributed by atoms with Gasteiger partial charge in [0.1, 0.15) is 0 Å². The lowest BCUT2D eigenvalue weighted by Crippen LogP contribution is -2.35. The number of aliphatic hydroxyl groups excluding tert-OH is 1. The molecule has 0 bridgehead atoms. The molecule has 0 aromatic rings. The van der Waals surface area contributed by atoms with Gasteiger partial charge in [0.15, 0.2) is 0 Å². The topological polar surface area (TPSA) is 49.5 Å². The molecule has 0 radical (unpaired) electrons. The third kappa shape index (κ3) is 6.58. The van der Waals surface area contributed by atoms with Gasteiger partial charge in [-0.1, -0.05) is 13.3 Å². The third-order valence-electron chi connectivity index (χ3n) is 1.80. The number of hydrogen-bond donors (Lipinski definition) is 2. The quantitative estimate of drug-likeness (QED) is 0.588. The van der Waals surface area contributed by atoms with Crippen molar-refractivity contribution in [3.8, 4) is 0 Å². The van der Waals surface area contributed by atoms with Crippen molar-refractivity contribution in [3.63, 3.8) is 0 Å². The minimum Gasteiger partial charge on any atom is -0.392 e. The zero-order valence-electron chi connectivity index (χ0n) is 8.29. The van der Waals surface area contributed by atoms with Crippen molar-refractivity contribution in [2.24, 2.45) is 5.73 Å². The summed E-state index contributed by atoms with van der Waals surface area (Å²) < 4.78 is 0. The molecule has 0 aliphatic rings. The average Bonchev–Trinajstić information content (AvgIpc) is 2.00. The second kappa shape index (κ2) is 7.53. The molecule has 0 amide bonds. The molecular weight excluding hydrogens is 152 g/mol. The van der Waals surface area contributed by atoms with Crippen molar-refractivity contribution in [2.75, 3.05) is 26.2 Å². The van der Waals surface area contributed by atoms with Crippen LogP contribution < -0.4 is 5.73 Å². The Morgan fingerprint density at radius 2 is 2.08 bits per heavy atom. The van der Waals surface area contributed by atoms with E-state index in [4.69, 9.17) is 10.8 Å². The highest BCUT2D eigenvalue weighted by Crippen LogP contribution is 1.96. The molecule has 0 aliphatic heterocycles. The van der Waals surface area contributed by atoms with Crippen molar-refractivity contribution in [2.45, 2.75) is 32.8 Å². The molecule has 74 valence electrons. The van der Waals surface area contributed by atoms with E-state index in [1.807, 2.05) is 6.92 Å². The maximum Gasteiger partial charge on any atom is 0.0639 e. The molecule has 1 atom stereocenters. The van der Waals surface area contributed by atoms with Crippen LogP contribution in [0.4, 0.5) is 0 Å². The highest BCUT2D eigenvalue weighted by atomic mass is 16.3. The number of rotatable bonds is 7. The van der Waals surface area contributed by atoms with Crippen molar-refractivity contribution in [1.82, 2.24) is 4.90 Å². The summed E-state index contributed by atoms with van der Waals surface area (Å²) in [5.74, 6) is 0. The summed E-state index contributed by atoms with van der Waals surface area (Å²) in [6, 6.07) is 0. The molecule has 0 aromatic heterocycles. The molecule has 3 heteroatoms. The summed E-state index contributed by atoms with van der Waals surface area (Å²) in [6.07, 6.45) is 2.14. The number of hydrogen-bond acceptors (Lipinski definition) is 3. The van der Waals surface area contributed by atoms with E-state index in [0.29, 0.717) is 6.54 Å². The summed E-state index contributed by atoms with van der Waals surface area (Å²) in [5, 5.41) is 9.17. The highest BCUT2D eigenvalue weighted by Gasteiger charge is 2.05. The second-order valence-corrected chi connectivity index (χ2v) is 3.29. The Morgan fingerprint density at radius 3 is 2.50 bits per heavy atom. The van der Waals surface area contributed by atoms with Crippen LogP contribution in [0.25, 0.3) is 0 Å². The van der Waals surface area contributed by atoms with Crippen molar-refractivity contribution >= 4 is 0 Å². The van der Waals surface area contributed by atoms with Gasteiger partial charge in [0.25, 0.3) is 0 Å². The number of aliphatic hydroxyl groups is 1. The van der Waals surface area contributed by atoms with Gasteiger partial charge < -0.3 is 10.8 Å². The Hall–Kier alpha value is -0.120. The maximum atomic E-state index is 9.17. The predicted molar refractivity (Wildman–Crippen MR) is 52.1 cm³/mol. The first-order chi connectivity index (χ1) is 5.70. The average molecular weight is 174 g/mol. The molecule has 0 rings (SSSR count). The van der Waals surface area contributed by atoms with Crippen molar-refractivity contribution in [3.05, 3.63) is 0 Å². The van der Waals surface area contributed by atoms with Crippen LogP contribution in [0.3, 0.4) is 0 Å². The van der Waals surface area contributed by atoms with E-state index in [1.165, 1.54) is 12.8 Å². The smallest absolute Gasteiger partial charge is 0.0639 e. The zero-order chi connectivity index (χ0) is 9.40. The standard InChI is InChI=1S/C9H22N2O/c1-3-4-6-11(7-5-10)8-9(2)12/h9,12H,3-8,10H2,1-2H3. The molecule has 12 heavy (non-hydrogen) atoms. The van der Waals surface area contributed by atoms with Gasteiger partial charge in [0.05, 0.1) is 6.10 Å². The monoisotopic (exact) mass is 174 g/mol. The normalized spacial score (nSPS) is 13.8. The van der Waals surface area contributed by atoms with Gasteiger partial charge >= 0.3 is 0 Å². The molecule has 3 N–H and O–H groups in total. The van der Waals surface area contributed by atoms with Crippen LogP contribution in [-0.2, 0) is 0 Å². The lowest BCUT2D eigenvalue weighted by molar-refractivity contribution is 0.127.